The molecule has 0 saturated heterocycles. The van der Waals surface area contributed by atoms with Gasteiger partial charge in [0.15, 0.2) is 0 Å². The van der Waals surface area contributed by atoms with Crippen LogP contribution in [0.1, 0.15) is 53.7 Å². The second kappa shape index (κ2) is 7.86. The van der Waals surface area contributed by atoms with Crippen molar-refractivity contribution in [2.45, 2.75) is 51.5 Å². The van der Waals surface area contributed by atoms with Crippen LogP contribution in [-0.4, -0.2) is 39.3 Å². The van der Waals surface area contributed by atoms with E-state index in [1.54, 1.807) is 11.9 Å². The first-order valence-electron chi connectivity index (χ1n) is 9.37. The normalized spacial score (nSPS) is 15.8. The number of hydrogen-bond acceptors (Lipinski definition) is 4. The van der Waals surface area contributed by atoms with Gasteiger partial charge in [-0.05, 0) is 37.8 Å². The number of anilines is 1. The van der Waals surface area contributed by atoms with Gasteiger partial charge in [0.1, 0.15) is 11.2 Å². The van der Waals surface area contributed by atoms with Crippen molar-refractivity contribution in [3.8, 4) is 0 Å². The summed E-state index contributed by atoms with van der Waals surface area (Å²) in [5.74, 6) is -0.402. The molecular formula is C21H26N4O2. The van der Waals surface area contributed by atoms with E-state index in [0.717, 1.165) is 36.1 Å². The monoisotopic (exact) mass is 366 g/mol. The highest BCUT2D eigenvalue weighted by molar-refractivity contribution is 6.03. The lowest BCUT2D eigenvalue weighted by molar-refractivity contribution is -0.128. The number of carbonyl (C=O) groups excluding carboxylic acids is 2. The first-order valence-corrected chi connectivity index (χ1v) is 9.37. The van der Waals surface area contributed by atoms with E-state index < -0.39 is 5.54 Å². The van der Waals surface area contributed by atoms with Crippen molar-refractivity contribution in [3.63, 3.8) is 0 Å². The number of nitrogens with zero attached hydrogens (tertiary/aromatic N) is 3. The minimum Gasteiger partial charge on any atom is -0.326 e. The standard InChI is InChI=1S/C21H26N4O2/c1-15-8-7-9-16(2)18(15)24-20(27)21(10-5-4-6-11-21)25(3)19(26)17-14-22-12-13-23-17/h7-9,12-14H,4-6,10-11H2,1-3H3,(H,24,27). The minimum absolute atomic E-state index is 0.126. The molecule has 6 heteroatoms. The number of carbonyl (C=O) groups is 2. The summed E-state index contributed by atoms with van der Waals surface area (Å²) in [6, 6.07) is 5.93. The Morgan fingerprint density at radius 3 is 2.33 bits per heavy atom. The summed E-state index contributed by atoms with van der Waals surface area (Å²) >= 11 is 0. The average molecular weight is 366 g/mol. The predicted octanol–water partition coefficient (Wildman–Crippen LogP) is 3.51. The number of rotatable bonds is 4. The average Bonchev–Trinajstić information content (AvgIpc) is 2.70. The zero-order valence-corrected chi connectivity index (χ0v) is 16.2. The first-order chi connectivity index (χ1) is 13.0. The fraction of sp³-hybridized carbons (Fsp3) is 0.429. The van der Waals surface area contributed by atoms with E-state index in [9.17, 15) is 9.59 Å². The molecule has 27 heavy (non-hydrogen) atoms. The van der Waals surface area contributed by atoms with Crippen LogP contribution in [0.4, 0.5) is 5.69 Å². The maximum atomic E-state index is 13.4. The summed E-state index contributed by atoms with van der Waals surface area (Å²) in [6.45, 7) is 3.95. The second-order valence-corrected chi connectivity index (χ2v) is 7.27. The molecular weight excluding hydrogens is 340 g/mol. The van der Waals surface area contributed by atoms with Crippen LogP contribution in [0.15, 0.2) is 36.8 Å². The van der Waals surface area contributed by atoms with E-state index in [1.807, 2.05) is 32.0 Å². The molecule has 6 nitrogen and oxygen atoms in total. The number of benzene rings is 1. The lowest BCUT2D eigenvalue weighted by Gasteiger charge is -2.43. The van der Waals surface area contributed by atoms with Crippen molar-refractivity contribution >= 4 is 17.5 Å². The quantitative estimate of drug-likeness (QED) is 0.898. The Kier molecular flexibility index (Phi) is 5.54. The summed E-state index contributed by atoms with van der Waals surface area (Å²) in [7, 11) is 1.70. The smallest absolute Gasteiger partial charge is 0.274 e. The fourth-order valence-electron chi connectivity index (χ4n) is 3.87. The van der Waals surface area contributed by atoms with Crippen LogP contribution in [0, 0.1) is 13.8 Å². The van der Waals surface area contributed by atoms with Crippen LogP contribution in [0.2, 0.25) is 0 Å². The number of nitrogens with one attached hydrogen (secondary N) is 1. The highest BCUT2D eigenvalue weighted by atomic mass is 16.2. The first kappa shape index (κ1) is 19.0. The maximum absolute atomic E-state index is 13.4. The van der Waals surface area contributed by atoms with Gasteiger partial charge in [-0.3, -0.25) is 14.6 Å². The molecule has 0 unspecified atom stereocenters. The molecule has 1 aromatic heterocycles. The number of amides is 2. The van der Waals surface area contributed by atoms with Crippen molar-refractivity contribution in [3.05, 3.63) is 53.6 Å². The Labute approximate surface area is 160 Å². The zero-order chi connectivity index (χ0) is 19.4. The van der Waals surface area contributed by atoms with Gasteiger partial charge in [-0.2, -0.15) is 0 Å². The van der Waals surface area contributed by atoms with Crippen LogP contribution in [-0.2, 0) is 4.79 Å². The maximum Gasteiger partial charge on any atom is 0.274 e. The SMILES string of the molecule is Cc1cccc(C)c1NC(=O)C1(N(C)C(=O)c2cnccn2)CCCCC1. The summed E-state index contributed by atoms with van der Waals surface area (Å²) in [4.78, 5) is 36.1. The molecule has 1 aliphatic carbocycles. The fourth-order valence-corrected chi connectivity index (χ4v) is 3.87. The van der Waals surface area contributed by atoms with Crippen molar-refractivity contribution < 1.29 is 9.59 Å². The van der Waals surface area contributed by atoms with E-state index in [0.29, 0.717) is 12.8 Å². The largest absolute Gasteiger partial charge is 0.326 e. The van der Waals surface area contributed by atoms with E-state index in [1.165, 1.54) is 18.6 Å². The number of likely N-dealkylation sites (N-methyl/N-ethyl adjacent to an activating group) is 1. The molecule has 0 atom stereocenters. The van der Waals surface area contributed by atoms with Gasteiger partial charge in [0.05, 0.1) is 6.20 Å². The van der Waals surface area contributed by atoms with E-state index >= 15 is 0 Å². The molecule has 142 valence electrons. The second-order valence-electron chi connectivity index (χ2n) is 7.27. The Bertz CT molecular complexity index is 809. The number of hydrogen-bond donors (Lipinski definition) is 1. The topological polar surface area (TPSA) is 75.2 Å². The summed E-state index contributed by atoms with van der Waals surface area (Å²) < 4.78 is 0. The highest BCUT2D eigenvalue weighted by Gasteiger charge is 2.45. The van der Waals surface area contributed by atoms with Crippen molar-refractivity contribution in [1.82, 2.24) is 14.9 Å². The number of aromatic nitrogens is 2. The van der Waals surface area contributed by atoms with Crippen LogP contribution in [0.5, 0.6) is 0 Å². The summed E-state index contributed by atoms with van der Waals surface area (Å²) in [5, 5.41) is 3.11. The predicted molar refractivity (Wildman–Crippen MR) is 104 cm³/mol. The van der Waals surface area contributed by atoms with Gasteiger partial charge in [0, 0.05) is 25.1 Å². The molecule has 0 radical (unpaired) electrons. The zero-order valence-electron chi connectivity index (χ0n) is 16.2. The molecule has 3 rings (SSSR count). The molecule has 2 amide bonds. The molecule has 0 spiro atoms. The van der Waals surface area contributed by atoms with E-state index in [4.69, 9.17) is 0 Å². The summed E-state index contributed by atoms with van der Waals surface area (Å²) in [5.41, 5.74) is 2.23. The molecule has 1 saturated carbocycles. The third-order valence-electron chi connectivity index (χ3n) is 5.55. The van der Waals surface area contributed by atoms with Crippen molar-refractivity contribution in [2.75, 3.05) is 12.4 Å². The highest BCUT2D eigenvalue weighted by Crippen LogP contribution is 2.35. The van der Waals surface area contributed by atoms with Gasteiger partial charge in [-0.15, -0.1) is 0 Å². The lowest BCUT2D eigenvalue weighted by Crippen LogP contribution is -2.58. The molecule has 1 aliphatic rings. The molecule has 1 fully saturated rings. The van der Waals surface area contributed by atoms with Crippen LogP contribution >= 0.6 is 0 Å². The number of aryl methyl sites for hydroxylation is 2. The Hall–Kier alpha value is -2.76. The van der Waals surface area contributed by atoms with Gasteiger partial charge in [-0.25, -0.2) is 4.98 Å². The van der Waals surface area contributed by atoms with Crippen LogP contribution in [0.25, 0.3) is 0 Å². The van der Waals surface area contributed by atoms with Crippen LogP contribution < -0.4 is 5.32 Å². The molecule has 1 heterocycles. The molecule has 0 aliphatic heterocycles. The van der Waals surface area contributed by atoms with Gasteiger partial charge in [0.25, 0.3) is 5.91 Å². The Balaban J connectivity index is 1.92. The van der Waals surface area contributed by atoms with Gasteiger partial charge < -0.3 is 10.2 Å². The third kappa shape index (κ3) is 3.70. The summed E-state index contributed by atoms with van der Waals surface area (Å²) in [6.07, 6.45) is 8.66. The van der Waals surface area contributed by atoms with Gasteiger partial charge in [0.2, 0.25) is 5.91 Å². The van der Waals surface area contributed by atoms with E-state index in [-0.39, 0.29) is 17.5 Å². The van der Waals surface area contributed by atoms with Crippen molar-refractivity contribution in [2.24, 2.45) is 0 Å². The number of para-hydroxylation sites is 1. The molecule has 0 bridgehead atoms. The van der Waals surface area contributed by atoms with Crippen molar-refractivity contribution in [1.29, 1.82) is 0 Å². The van der Waals surface area contributed by atoms with Gasteiger partial charge >= 0.3 is 0 Å². The molecule has 1 aromatic carbocycles. The minimum atomic E-state index is -0.873. The van der Waals surface area contributed by atoms with Gasteiger partial charge in [-0.1, -0.05) is 37.5 Å². The van der Waals surface area contributed by atoms with E-state index in [2.05, 4.69) is 15.3 Å². The Morgan fingerprint density at radius 1 is 1.07 bits per heavy atom. The lowest BCUT2D eigenvalue weighted by atomic mass is 9.79. The molecule has 1 N–H and O–H groups in total. The Morgan fingerprint density at radius 2 is 1.74 bits per heavy atom. The third-order valence-corrected chi connectivity index (χ3v) is 5.55. The molecule has 2 aromatic rings. The van der Waals surface area contributed by atoms with Crippen LogP contribution in [0.3, 0.4) is 0 Å².